The highest BCUT2D eigenvalue weighted by molar-refractivity contribution is 7.13. The zero-order valence-electron chi connectivity index (χ0n) is 16.3. The van der Waals surface area contributed by atoms with E-state index in [-0.39, 0.29) is 11.6 Å². The highest BCUT2D eigenvalue weighted by atomic mass is 32.1. The molecule has 1 N–H and O–H groups in total. The van der Waals surface area contributed by atoms with Crippen molar-refractivity contribution in [2.75, 3.05) is 0 Å². The summed E-state index contributed by atoms with van der Waals surface area (Å²) in [7, 11) is 0. The highest BCUT2D eigenvalue weighted by Gasteiger charge is 2.14. The van der Waals surface area contributed by atoms with Crippen molar-refractivity contribution in [2.24, 2.45) is 0 Å². The van der Waals surface area contributed by atoms with Crippen molar-refractivity contribution >= 4 is 28.6 Å². The summed E-state index contributed by atoms with van der Waals surface area (Å²) in [5.41, 5.74) is 4.38. The average molecular weight is 444 g/mol. The SMILES string of the molecule is O=C(NCc1ccc(-c2csc(-c3ccccc3)n2)cc1)c1cc(-c2cccs2)on1. The number of aromatic nitrogens is 2. The molecule has 31 heavy (non-hydrogen) atoms. The van der Waals surface area contributed by atoms with Gasteiger partial charge in [-0.15, -0.1) is 22.7 Å². The van der Waals surface area contributed by atoms with Crippen LogP contribution in [0, 0.1) is 0 Å². The van der Waals surface area contributed by atoms with Gasteiger partial charge >= 0.3 is 0 Å². The number of amides is 1. The quantitative estimate of drug-likeness (QED) is 0.343. The molecule has 0 fully saturated rings. The highest BCUT2D eigenvalue weighted by Crippen LogP contribution is 2.29. The van der Waals surface area contributed by atoms with Gasteiger partial charge in [-0.3, -0.25) is 4.79 Å². The maximum Gasteiger partial charge on any atom is 0.273 e. The summed E-state index contributed by atoms with van der Waals surface area (Å²) in [6.45, 7) is 0.409. The lowest BCUT2D eigenvalue weighted by Crippen LogP contribution is -2.22. The van der Waals surface area contributed by atoms with Gasteiger partial charge < -0.3 is 9.84 Å². The first-order chi connectivity index (χ1) is 15.3. The molecular formula is C24H17N3O2S2. The van der Waals surface area contributed by atoms with Crippen molar-refractivity contribution in [3.63, 3.8) is 0 Å². The summed E-state index contributed by atoms with van der Waals surface area (Å²) in [6.07, 6.45) is 0. The van der Waals surface area contributed by atoms with Crippen molar-refractivity contribution in [3.8, 4) is 32.5 Å². The third kappa shape index (κ3) is 4.33. The average Bonchev–Trinajstić information content (AvgIpc) is 3.59. The van der Waals surface area contributed by atoms with Gasteiger partial charge in [0, 0.05) is 29.1 Å². The van der Waals surface area contributed by atoms with Crippen LogP contribution in [0.3, 0.4) is 0 Å². The van der Waals surface area contributed by atoms with E-state index in [4.69, 9.17) is 9.51 Å². The van der Waals surface area contributed by atoms with Crippen LogP contribution in [-0.4, -0.2) is 16.0 Å². The van der Waals surface area contributed by atoms with Gasteiger partial charge in [-0.1, -0.05) is 65.8 Å². The smallest absolute Gasteiger partial charge is 0.273 e. The lowest BCUT2D eigenvalue weighted by atomic mass is 10.1. The molecule has 0 atom stereocenters. The molecule has 0 aliphatic rings. The molecule has 3 heterocycles. The molecule has 1 amide bonds. The number of thiazole rings is 1. The fourth-order valence-electron chi connectivity index (χ4n) is 3.10. The van der Waals surface area contributed by atoms with Gasteiger partial charge in [0.1, 0.15) is 5.01 Å². The van der Waals surface area contributed by atoms with E-state index >= 15 is 0 Å². The number of thiophene rings is 1. The molecule has 0 saturated carbocycles. The molecule has 7 heteroatoms. The summed E-state index contributed by atoms with van der Waals surface area (Å²) >= 11 is 3.17. The first-order valence-corrected chi connectivity index (χ1v) is 11.4. The van der Waals surface area contributed by atoms with E-state index in [2.05, 4.69) is 28.0 Å². The van der Waals surface area contributed by atoms with Crippen LogP contribution in [0.4, 0.5) is 0 Å². The zero-order valence-corrected chi connectivity index (χ0v) is 18.0. The number of hydrogen-bond acceptors (Lipinski definition) is 6. The van der Waals surface area contributed by atoms with Crippen LogP contribution >= 0.6 is 22.7 Å². The van der Waals surface area contributed by atoms with Crippen molar-refractivity contribution in [1.29, 1.82) is 0 Å². The monoisotopic (exact) mass is 443 g/mol. The van der Waals surface area contributed by atoms with E-state index in [1.54, 1.807) is 28.7 Å². The van der Waals surface area contributed by atoms with Crippen molar-refractivity contribution < 1.29 is 9.32 Å². The first kappa shape index (κ1) is 19.4. The summed E-state index contributed by atoms with van der Waals surface area (Å²) < 4.78 is 5.27. The summed E-state index contributed by atoms with van der Waals surface area (Å²) in [4.78, 5) is 18.1. The van der Waals surface area contributed by atoms with Crippen LogP contribution in [0.25, 0.3) is 32.5 Å². The van der Waals surface area contributed by atoms with Gasteiger partial charge in [-0.2, -0.15) is 0 Å². The lowest BCUT2D eigenvalue weighted by molar-refractivity contribution is 0.0942. The Morgan fingerprint density at radius 1 is 0.935 bits per heavy atom. The van der Waals surface area contributed by atoms with E-state index < -0.39 is 0 Å². The van der Waals surface area contributed by atoms with Gasteiger partial charge in [-0.25, -0.2) is 4.98 Å². The molecular weight excluding hydrogens is 426 g/mol. The Labute approximate surface area is 187 Å². The van der Waals surface area contributed by atoms with Gasteiger partial charge in [-0.05, 0) is 17.0 Å². The molecule has 0 saturated heterocycles. The van der Waals surface area contributed by atoms with Gasteiger partial charge in [0.15, 0.2) is 11.5 Å². The van der Waals surface area contributed by atoms with Crippen LogP contribution in [0.15, 0.2) is 88.1 Å². The van der Waals surface area contributed by atoms with E-state index in [0.717, 1.165) is 32.3 Å². The van der Waals surface area contributed by atoms with Crippen LogP contribution in [0.1, 0.15) is 16.1 Å². The van der Waals surface area contributed by atoms with Crippen LogP contribution < -0.4 is 5.32 Å². The standard InChI is InChI=1S/C24H17N3O2S2/c28-23(19-13-21(29-27-19)22-7-4-12-30-22)25-14-16-8-10-17(11-9-16)20-15-31-24(26-20)18-5-2-1-3-6-18/h1-13,15H,14H2,(H,25,28). The Morgan fingerprint density at radius 3 is 2.55 bits per heavy atom. The normalized spacial score (nSPS) is 10.8. The second kappa shape index (κ2) is 8.67. The Morgan fingerprint density at radius 2 is 1.77 bits per heavy atom. The second-order valence-corrected chi connectivity index (χ2v) is 8.64. The van der Waals surface area contributed by atoms with E-state index in [1.165, 1.54) is 0 Å². The Balaban J connectivity index is 1.22. The largest absolute Gasteiger partial charge is 0.355 e. The molecule has 5 rings (SSSR count). The summed E-state index contributed by atoms with van der Waals surface area (Å²) in [6, 6.07) is 23.7. The predicted molar refractivity (Wildman–Crippen MR) is 124 cm³/mol. The molecule has 2 aromatic carbocycles. The minimum Gasteiger partial charge on any atom is -0.355 e. The van der Waals surface area contributed by atoms with E-state index in [1.807, 2.05) is 60.0 Å². The maximum absolute atomic E-state index is 12.4. The maximum atomic E-state index is 12.4. The number of carbonyl (C=O) groups is 1. The molecule has 5 aromatic rings. The van der Waals surface area contributed by atoms with Crippen LogP contribution in [0.2, 0.25) is 0 Å². The van der Waals surface area contributed by atoms with Gasteiger partial charge in [0.05, 0.1) is 10.6 Å². The zero-order chi connectivity index (χ0) is 21.0. The fourth-order valence-corrected chi connectivity index (χ4v) is 4.61. The Hall–Kier alpha value is -3.55. The number of nitrogens with one attached hydrogen (secondary N) is 1. The van der Waals surface area contributed by atoms with Crippen LogP contribution in [0.5, 0.6) is 0 Å². The van der Waals surface area contributed by atoms with Crippen molar-refractivity contribution in [1.82, 2.24) is 15.5 Å². The molecule has 0 aliphatic carbocycles. The number of benzene rings is 2. The topological polar surface area (TPSA) is 68.0 Å². The molecule has 5 nitrogen and oxygen atoms in total. The minimum absolute atomic E-state index is 0.261. The minimum atomic E-state index is -0.261. The molecule has 0 unspecified atom stereocenters. The van der Waals surface area contributed by atoms with Crippen molar-refractivity contribution in [3.05, 3.63) is 94.8 Å². The Bertz CT molecular complexity index is 1290. The molecule has 3 aromatic heterocycles. The van der Waals surface area contributed by atoms with Gasteiger partial charge in [0.2, 0.25) is 0 Å². The molecule has 0 radical (unpaired) electrons. The Kier molecular flexibility index (Phi) is 5.43. The molecule has 152 valence electrons. The van der Waals surface area contributed by atoms with Crippen LogP contribution in [-0.2, 0) is 6.54 Å². The third-order valence-electron chi connectivity index (χ3n) is 4.73. The summed E-state index contributed by atoms with van der Waals surface area (Å²) in [5.74, 6) is 0.338. The molecule has 0 bridgehead atoms. The predicted octanol–water partition coefficient (Wildman–Crippen LogP) is 6.12. The van der Waals surface area contributed by atoms with E-state index in [9.17, 15) is 4.79 Å². The molecule has 0 spiro atoms. The second-order valence-electron chi connectivity index (χ2n) is 6.84. The fraction of sp³-hybridized carbons (Fsp3) is 0.0417. The van der Waals surface area contributed by atoms with E-state index in [0.29, 0.717) is 12.3 Å². The first-order valence-electron chi connectivity index (χ1n) is 9.65. The third-order valence-corrected chi connectivity index (χ3v) is 6.51. The summed E-state index contributed by atoms with van der Waals surface area (Å²) in [5, 5.41) is 11.8. The number of nitrogens with zero attached hydrogens (tertiary/aromatic N) is 2. The number of rotatable bonds is 6. The molecule has 0 aliphatic heterocycles. The van der Waals surface area contributed by atoms with Gasteiger partial charge in [0.25, 0.3) is 5.91 Å². The number of hydrogen-bond donors (Lipinski definition) is 1. The van der Waals surface area contributed by atoms with Crippen molar-refractivity contribution in [2.45, 2.75) is 6.54 Å². The number of carbonyl (C=O) groups excluding carboxylic acids is 1. The lowest BCUT2D eigenvalue weighted by Gasteiger charge is -2.04.